The molecular formula is C14H22F2N2. The van der Waals surface area contributed by atoms with Gasteiger partial charge in [0.25, 0.3) is 0 Å². The van der Waals surface area contributed by atoms with Crippen molar-refractivity contribution in [3.8, 4) is 0 Å². The van der Waals surface area contributed by atoms with E-state index in [-0.39, 0.29) is 11.6 Å². The third-order valence-corrected chi connectivity index (χ3v) is 2.83. The number of hydrogen-bond acceptors (Lipinski definition) is 2. The van der Waals surface area contributed by atoms with Gasteiger partial charge in [-0.3, -0.25) is 4.90 Å². The molecule has 0 heterocycles. The number of nitrogens with one attached hydrogen (secondary N) is 1. The van der Waals surface area contributed by atoms with E-state index in [2.05, 4.69) is 24.1 Å². The summed E-state index contributed by atoms with van der Waals surface area (Å²) >= 11 is 0. The number of likely N-dealkylation sites (N-methyl/N-ethyl adjacent to an activating group) is 1. The maximum absolute atomic E-state index is 13.5. The van der Waals surface area contributed by atoms with Crippen molar-refractivity contribution >= 4 is 0 Å². The highest BCUT2D eigenvalue weighted by Gasteiger charge is 2.09. The summed E-state index contributed by atoms with van der Waals surface area (Å²) in [5, 5.41) is 3.31. The van der Waals surface area contributed by atoms with Crippen LogP contribution in [0.1, 0.15) is 26.3 Å². The first-order valence-electron chi connectivity index (χ1n) is 6.42. The van der Waals surface area contributed by atoms with E-state index >= 15 is 0 Å². The van der Waals surface area contributed by atoms with Crippen LogP contribution in [-0.4, -0.2) is 30.6 Å². The van der Waals surface area contributed by atoms with E-state index in [0.717, 1.165) is 25.7 Å². The largest absolute Gasteiger partial charge is 0.313 e. The minimum Gasteiger partial charge on any atom is -0.313 e. The van der Waals surface area contributed by atoms with Crippen LogP contribution in [0.5, 0.6) is 0 Å². The van der Waals surface area contributed by atoms with Crippen LogP contribution in [0.4, 0.5) is 8.78 Å². The summed E-state index contributed by atoms with van der Waals surface area (Å²) in [4.78, 5) is 2.09. The molecule has 1 aromatic carbocycles. The molecule has 0 radical (unpaired) electrons. The number of nitrogens with zero attached hydrogens (tertiary/aromatic N) is 1. The van der Waals surface area contributed by atoms with Gasteiger partial charge in [0.15, 0.2) is 0 Å². The third-order valence-electron chi connectivity index (χ3n) is 2.83. The summed E-state index contributed by atoms with van der Waals surface area (Å²) in [6.07, 6.45) is 0. The first-order valence-corrected chi connectivity index (χ1v) is 6.42. The fourth-order valence-corrected chi connectivity index (χ4v) is 1.77. The lowest BCUT2D eigenvalue weighted by Crippen LogP contribution is -2.34. The van der Waals surface area contributed by atoms with Gasteiger partial charge in [-0.1, -0.05) is 20.8 Å². The highest BCUT2D eigenvalue weighted by atomic mass is 19.1. The molecule has 0 unspecified atom stereocenters. The molecule has 0 aliphatic rings. The average molecular weight is 256 g/mol. The van der Waals surface area contributed by atoms with Crippen LogP contribution in [0.15, 0.2) is 18.2 Å². The second-order valence-electron chi connectivity index (χ2n) is 4.71. The standard InChI is InChI=1S/C14H22F2N2/c1-4-18(8-7-17-11(2)3)10-12-9-13(15)5-6-14(12)16/h5-6,9,11,17H,4,7-8,10H2,1-3H3. The van der Waals surface area contributed by atoms with Crippen LogP contribution in [0.25, 0.3) is 0 Å². The molecule has 1 aromatic rings. The fourth-order valence-electron chi connectivity index (χ4n) is 1.77. The Labute approximate surface area is 108 Å². The molecule has 1 N–H and O–H groups in total. The van der Waals surface area contributed by atoms with Crippen molar-refractivity contribution in [1.82, 2.24) is 10.2 Å². The maximum atomic E-state index is 13.5. The van der Waals surface area contributed by atoms with Crippen LogP contribution < -0.4 is 5.32 Å². The van der Waals surface area contributed by atoms with Crippen LogP contribution >= 0.6 is 0 Å². The minimum absolute atomic E-state index is 0.341. The van der Waals surface area contributed by atoms with Gasteiger partial charge >= 0.3 is 0 Å². The van der Waals surface area contributed by atoms with Gasteiger partial charge < -0.3 is 5.32 Å². The van der Waals surface area contributed by atoms with E-state index in [1.807, 2.05) is 6.92 Å². The third kappa shape index (κ3) is 5.10. The Morgan fingerprint density at radius 1 is 1.28 bits per heavy atom. The van der Waals surface area contributed by atoms with Gasteiger partial charge in [-0.2, -0.15) is 0 Å². The van der Waals surface area contributed by atoms with E-state index < -0.39 is 0 Å². The van der Waals surface area contributed by atoms with Gasteiger partial charge in [0.05, 0.1) is 0 Å². The summed E-state index contributed by atoms with van der Waals surface area (Å²) in [5.74, 6) is -0.727. The molecule has 2 nitrogen and oxygen atoms in total. The van der Waals surface area contributed by atoms with Crippen molar-refractivity contribution in [2.75, 3.05) is 19.6 Å². The van der Waals surface area contributed by atoms with Crippen molar-refractivity contribution < 1.29 is 8.78 Å². The molecule has 102 valence electrons. The van der Waals surface area contributed by atoms with E-state index in [1.165, 1.54) is 12.1 Å². The van der Waals surface area contributed by atoms with Crippen molar-refractivity contribution in [1.29, 1.82) is 0 Å². The van der Waals surface area contributed by atoms with Crippen molar-refractivity contribution in [2.24, 2.45) is 0 Å². The Balaban J connectivity index is 2.54. The zero-order valence-corrected chi connectivity index (χ0v) is 11.3. The zero-order chi connectivity index (χ0) is 13.5. The lowest BCUT2D eigenvalue weighted by molar-refractivity contribution is 0.272. The minimum atomic E-state index is -0.386. The van der Waals surface area contributed by atoms with Crippen molar-refractivity contribution in [3.05, 3.63) is 35.4 Å². The first kappa shape index (κ1) is 15.1. The van der Waals surface area contributed by atoms with E-state index in [1.54, 1.807) is 0 Å². The number of hydrogen-bond donors (Lipinski definition) is 1. The second-order valence-corrected chi connectivity index (χ2v) is 4.71. The van der Waals surface area contributed by atoms with Crippen molar-refractivity contribution in [3.63, 3.8) is 0 Å². The van der Waals surface area contributed by atoms with Gasteiger partial charge in [0.1, 0.15) is 11.6 Å². The van der Waals surface area contributed by atoms with Gasteiger partial charge in [0.2, 0.25) is 0 Å². The van der Waals surface area contributed by atoms with Gasteiger partial charge in [-0.05, 0) is 24.7 Å². The molecular weight excluding hydrogens is 234 g/mol. The highest BCUT2D eigenvalue weighted by molar-refractivity contribution is 5.18. The SMILES string of the molecule is CCN(CCNC(C)C)Cc1cc(F)ccc1F. The Bertz CT molecular complexity index is 367. The Morgan fingerprint density at radius 3 is 2.61 bits per heavy atom. The van der Waals surface area contributed by atoms with E-state index in [0.29, 0.717) is 18.2 Å². The topological polar surface area (TPSA) is 15.3 Å². The molecule has 0 amide bonds. The number of rotatable bonds is 7. The molecule has 4 heteroatoms. The van der Waals surface area contributed by atoms with Crippen molar-refractivity contribution in [2.45, 2.75) is 33.4 Å². The van der Waals surface area contributed by atoms with E-state index in [4.69, 9.17) is 0 Å². The molecule has 0 bridgehead atoms. The average Bonchev–Trinajstić information content (AvgIpc) is 2.32. The van der Waals surface area contributed by atoms with Crippen LogP contribution in [0, 0.1) is 11.6 Å². The molecule has 0 aromatic heterocycles. The van der Waals surface area contributed by atoms with Gasteiger partial charge in [-0.25, -0.2) is 8.78 Å². The summed E-state index contributed by atoms with van der Waals surface area (Å²) in [6, 6.07) is 4.04. The van der Waals surface area contributed by atoms with Gasteiger partial charge in [-0.15, -0.1) is 0 Å². The zero-order valence-electron chi connectivity index (χ0n) is 11.3. The summed E-state index contributed by atoms with van der Waals surface area (Å²) in [7, 11) is 0. The summed E-state index contributed by atoms with van der Waals surface area (Å²) in [5.41, 5.74) is 0.418. The fraction of sp³-hybridized carbons (Fsp3) is 0.571. The Hall–Kier alpha value is -1.00. The highest BCUT2D eigenvalue weighted by Crippen LogP contribution is 2.12. The molecule has 0 fully saturated rings. The lowest BCUT2D eigenvalue weighted by Gasteiger charge is -2.21. The maximum Gasteiger partial charge on any atom is 0.127 e. The lowest BCUT2D eigenvalue weighted by atomic mass is 10.2. The predicted molar refractivity (Wildman–Crippen MR) is 70.4 cm³/mol. The van der Waals surface area contributed by atoms with Crippen LogP contribution in [0.2, 0.25) is 0 Å². The van der Waals surface area contributed by atoms with Gasteiger partial charge in [0, 0.05) is 31.2 Å². The Morgan fingerprint density at radius 2 is 2.00 bits per heavy atom. The molecule has 0 spiro atoms. The molecule has 0 saturated heterocycles. The predicted octanol–water partition coefficient (Wildman–Crippen LogP) is 2.78. The normalized spacial score (nSPS) is 11.5. The second kappa shape index (κ2) is 7.44. The molecule has 0 saturated carbocycles. The monoisotopic (exact) mass is 256 g/mol. The Kier molecular flexibility index (Phi) is 6.22. The molecule has 0 aliphatic heterocycles. The molecule has 18 heavy (non-hydrogen) atoms. The van der Waals surface area contributed by atoms with Crippen LogP contribution in [0.3, 0.4) is 0 Å². The number of benzene rings is 1. The molecule has 1 rings (SSSR count). The smallest absolute Gasteiger partial charge is 0.127 e. The molecule has 0 aliphatic carbocycles. The van der Waals surface area contributed by atoms with Crippen LogP contribution in [-0.2, 0) is 6.54 Å². The summed E-state index contributed by atoms with van der Waals surface area (Å²) in [6.45, 7) is 9.13. The molecule has 0 atom stereocenters. The number of halogens is 2. The summed E-state index contributed by atoms with van der Waals surface area (Å²) < 4.78 is 26.6. The quantitative estimate of drug-likeness (QED) is 0.807. The van der Waals surface area contributed by atoms with E-state index in [9.17, 15) is 8.78 Å². The first-order chi connectivity index (χ1) is 8.52.